The van der Waals surface area contributed by atoms with Crippen molar-refractivity contribution in [3.8, 4) is 11.3 Å². The van der Waals surface area contributed by atoms with Crippen molar-refractivity contribution in [1.29, 1.82) is 0 Å². The molecule has 134 valence electrons. The number of aromatic nitrogens is 3. The SMILES string of the molecule is Cc1nn2c(N3CCC[C@@H](C(N)=O)C3)cc(-c3ccccc3)nc2c1C. The second-order valence-electron chi connectivity index (χ2n) is 7.00. The van der Waals surface area contributed by atoms with E-state index in [9.17, 15) is 4.79 Å². The third-order valence-corrected chi connectivity index (χ3v) is 5.26. The van der Waals surface area contributed by atoms with Gasteiger partial charge in [0.1, 0.15) is 5.82 Å². The molecule has 1 saturated heterocycles. The molecule has 2 aromatic heterocycles. The Bertz CT molecular complexity index is 963. The van der Waals surface area contributed by atoms with Gasteiger partial charge in [-0.2, -0.15) is 9.61 Å². The number of nitrogens with zero attached hydrogens (tertiary/aromatic N) is 4. The minimum Gasteiger partial charge on any atom is -0.369 e. The zero-order valence-corrected chi connectivity index (χ0v) is 15.1. The third-order valence-electron chi connectivity index (χ3n) is 5.26. The molecule has 6 nitrogen and oxygen atoms in total. The molecule has 3 aromatic rings. The summed E-state index contributed by atoms with van der Waals surface area (Å²) in [4.78, 5) is 18.8. The maximum absolute atomic E-state index is 11.7. The van der Waals surface area contributed by atoms with Gasteiger partial charge in [0.2, 0.25) is 5.91 Å². The second kappa shape index (κ2) is 6.44. The lowest BCUT2D eigenvalue weighted by Crippen LogP contribution is -2.42. The number of hydrogen-bond donors (Lipinski definition) is 1. The summed E-state index contributed by atoms with van der Waals surface area (Å²) in [7, 11) is 0. The van der Waals surface area contributed by atoms with Gasteiger partial charge in [-0.3, -0.25) is 4.79 Å². The van der Waals surface area contributed by atoms with Gasteiger partial charge in [0.15, 0.2) is 5.65 Å². The highest BCUT2D eigenvalue weighted by atomic mass is 16.1. The molecule has 0 radical (unpaired) electrons. The van der Waals surface area contributed by atoms with Crippen LogP contribution in [0.5, 0.6) is 0 Å². The number of benzene rings is 1. The number of hydrogen-bond acceptors (Lipinski definition) is 4. The van der Waals surface area contributed by atoms with E-state index in [1.165, 1.54) is 0 Å². The molecule has 1 aliphatic heterocycles. The quantitative estimate of drug-likeness (QED) is 0.789. The summed E-state index contributed by atoms with van der Waals surface area (Å²) in [6.07, 6.45) is 1.79. The molecule has 0 unspecified atom stereocenters. The van der Waals surface area contributed by atoms with Crippen molar-refractivity contribution < 1.29 is 4.79 Å². The zero-order chi connectivity index (χ0) is 18.3. The Morgan fingerprint density at radius 3 is 2.73 bits per heavy atom. The maximum atomic E-state index is 11.7. The van der Waals surface area contributed by atoms with Gasteiger partial charge in [-0.25, -0.2) is 4.98 Å². The summed E-state index contributed by atoms with van der Waals surface area (Å²) in [5.41, 5.74) is 10.5. The lowest BCUT2D eigenvalue weighted by molar-refractivity contribution is -0.122. The van der Waals surface area contributed by atoms with Crippen LogP contribution in [0.15, 0.2) is 36.4 Å². The van der Waals surface area contributed by atoms with E-state index >= 15 is 0 Å². The predicted octanol–water partition coefficient (Wildman–Crippen LogP) is 2.71. The Morgan fingerprint density at radius 1 is 1.23 bits per heavy atom. The average Bonchev–Trinajstić information content (AvgIpc) is 2.96. The molecule has 1 atom stereocenters. The number of fused-ring (bicyclic) bond motifs is 1. The fourth-order valence-corrected chi connectivity index (χ4v) is 3.61. The highest BCUT2D eigenvalue weighted by Gasteiger charge is 2.26. The number of carbonyl (C=O) groups is 1. The number of nitrogens with two attached hydrogens (primary N) is 1. The molecule has 0 bridgehead atoms. The van der Waals surface area contributed by atoms with Gasteiger partial charge in [0.05, 0.1) is 17.3 Å². The van der Waals surface area contributed by atoms with Crippen molar-refractivity contribution in [3.63, 3.8) is 0 Å². The first-order valence-corrected chi connectivity index (χ1v) is 9.01. The molecule has 4 rings (SSSR count). The first-order valence-electron chi connectivity index (χ1n) is 9.01. The summed E-state index contributed by atoms with van der Waals surface area (Å²) in [6, 6.07) is 12.2. The zero-order valence-electron chi connectivity index (χ0n) is 15.1. The molecule has 1 fully saturated rings. The van der Waals surface area contributed by atoms with Crippen molar-refractivity contribution >= 4 is 17.4 Å². The monoisotopic (exact) mass is 349 g/mol. The number of piperidine rings is 1. The second-order valence-corrected chi connectivity index (χ2v) is 7.00. The van der Waals surface area contributed by atoms with E-state index < -0.39 is 0 Å². The smallest absolute Gasteiger partial charge is 0.222 e. The summed E-state index contributed by atoms with van der Waals surface area (Å²) in [5, 5.41) is 4.69. The van der Waals surface area contributed by atoms with E-state index in [-0.39, 0.29) is 11.8 Å². The highest BCUT2D eigenvalue weighted by Crippen LogP contribution is 2.29. The van der Waals surface area contributed by atoms with Crippen LogP contribution < -0.4 is 10.6 Å². The van der Waals surface area contributed by atoms with E-state index in [1.54, 1.807) is 0 Å². The van der Waals surface area contributed by atoms with Crippen LogP contribution in [0.4, 0.5) is 5.82 Å². The molecule has 1 amide bonds. The van der Waals surface area contributed by atoms with Gasteiger partial charge in [-0.15, -0.1) is 0 Å². The topological polar surface area (TPSA) is 76.5 Å². The molecular weight excluding hydrogens is 326 g/mol. The van der Waals surface area contributed by atoms with Gasteiger partial charge in [-0.1, -0.05) is 30.3 Å². The molecule has 0 saturated carbocycles. The highest BCUT2D eigenvalue weighted by molar-refractivity contribution is 5.78. The summed E-state index contributed by atoms with van der Waals surface area (Å²) >= 11 is 0. The van der Waals surface area contributed by atoms with Crippen molar-refractivity contribution in [2.24, 2.45) is 11.7 Å². The number of aryl methyl sites for hydroxylation is 2. The molecule has 0 aliphatic carbocycles. The van der Waals surface area contributed by atoms with Crippen molar-refractivity contribution in [2.75, 3.05) is 18.0 Å². The molecule has 1 aliphatic rings. The van der Waals surface area contributed by atoms with Crippen LogP contribution in [0.25, 0.3) is 16.9 Å². The summed E-state index contributed by atoms with van der Waals surface area (Å²) in [5.74, 6) is 0.622. The molecule has 26 heavy (non-hydrogen) atoms. The Balaban J connectivity index is 1.87. The number of amides is 1. The Hall–Kier alpha value is -2.89. The minimum absolute atomic E-state index is 0.120. The van der Waals surface area contributed by atoms with Gasteiger partial charge in [-0.05, 0) is 26.7 Å². The van der Waals surface area contributed by atoms with Crippen LogP contribution in [-0.4, -0.2) is 33.6 Å². The van der Waals surface area contributed by atoms with Gasteiger partial charge < -0.3 is 10.6 Å². The Morgan fingerprint density at radius 2 is 2.00 bits per heavy atom. The summed E-state index contributed by atoms with van der Waals surface area (Å²) < 4.78 is 1.90. The molecule has 2 N–H and O–H groups in total. The number of primary amides is 1. The molecule has 6 heteroatoms. The minimum atomic E-state index is -0.226. The van der Waals surface area contributed by atoms with Crippen molar-refractivity contribution in [1.82, 2.24) is 14.6 Å². The molecule has 3 heterocycles. The third kappa shape index (κ3) is 2.81. The van der Waals surface area contributed by atoms with Crippen LogP contribution in [-0.2, 0) is 4.79 Å². The average molecular weight is 349 g/mol. The largest absolute Gasteiger partial charge is 0.369 e. The Kier molecular flexibility index (Phi) is 4.11. The van der Waals surface area contributed by atoms with E-state index in [4.69, 9.17) is 10.7 Å². The van der Waals surface area contributed by atoms with Crippen molar-refractivity contribution in [3.05, 3.63) is 47.7 Å². The van der Waals surface area contributed by atoms with E-state index in [2.05, 4.69) is 28.2 Å². The fraction of sp³-hybridized carbons (Fsp3) is 0.350. The number of carbonyl (C=O) groups excluding carboxylic acids is 1. The first-order chi connectivity index (χ1) is 12.5. The normalized spacial score (nSPS) is 17.6. The van der Waals surface area contributed by atoms with E-state index in [0.29, 0.717) is 6.54 Å². The number of rotatable bonds is 3. The Labute approximate surface area is 152 Å². The van der Waals surface area contributed by atoms with Crippen LogP contribution in [0, 0.1) is 19.8 Å². The first kappa shape index (κ1) is 16.6. The van der Waals surface area contributed by atoms with Crippen LogP contribution in [0.2, 0.25) is 0 Å². The maximum Gasteiger partial charge on any atom is 0.222 e. The van der Waals surface area contributed by atoms with Gasteiger partial charge in [0, 0.05) is 30.3 Å². The standard InChI is InChI=1S/C20H23N5O/c1-13-14(2)23-25-18(24-10-6-9-16(12-24)19(21)26)11-17(22-20(13)25)15-7-4-3-5-8-15/h3-5,7-8,11,16H,6,9-10,12H2,1-2H3,(H2,21,26)/t16-/m1/s1. The lowest BCUT2D eigenvalue weighted by Gasteiger charge is -2.33. The van der Waals surface area contributed by atoms with Gasteiger partial charge >= 0.3 is 0 Å². The fourth-order valence-electron chi connectivity index (χ4n) is 3.61. The molecule has 0 spiro atoms. The molecule has 1 aromatic carbocycles. The van der Waals surface area contributed by atoms with Gasteiger partial charge in [0.25, 0.3) is 0 Å². The number of anilines is 1. The molecular formula is C20H23N5O. The lowest BCUT2D eigenvalue weighted by atomic mass is 9.97. The van der Waals surface area contributed by atoms with E-state index in [1.807, 2.05) is 36.6 Å². The van der Waals surface area contributed by atoms with Crippen LogP contribution in [0.3, 0.4) is 0 Å². The van der Waals surface area contributed by atoms with E-state index in [0.717, 1.165) is 53.4 Å². The van der Waals surface area contributed by atoms with Crippen LogP contribution in [0.1, 0.15) is 24.1 Å². The summed E-state index contributed by atoms with van der Waals surface area (Å²) in [6.45, 7) is 5.56. The predicted molar refractivity (Wildman–Crippen MR) is 102 cm³/mol. The van der Waals surface area contributed by atoms with Crippen LogP contribution >= 0.6 is 0 Å². The van der Waals surface area contributed by atoms with Crippen molar-refractivity contribution in [2.45, 2.75) is 26.7 Å².